The molecule has 10 heteroatoms. The lowest BCUT2D eigenvalue weighted by molar-refractivity contribution is -0.384. The number of aromatic nitrogens is 1. The fourth-order valence-electron chi connectivity index (χ4n) is 1.92. The van der Waals surface area contributed by atoms with Gasteiger partial charge in [0.2, 0.25) is 0 Å². The van der Waals surface area contributed by atoms with Gasteiger partial charge in [0.05, 0.1) is 23.2 Å². The highest BCUT2D eigenvalue weighted by Crippen LogP contribution is 2.30. The largest absolute Gasteiger partial charge is 0.494 e. The van der Waals surface area contributed by atoms with Crippen LogP contribution in [0.15, 0.2) is 36.5 Å². The van der Waals surface area contributed by atoms with E-state index < -0.39 is 28.4 Å². The summed E-state index contributed by atoms with van der Waals surface area (Å²) >= 11 is 0. The molecule has 0 bridgehead atoms. The fraction of sp³-hybridized carbons (Fsp3) is 0.200. The van der Waals surface area contributed by atoms with E-state index in [1.54, 1.807) is 6.92 Å². The van der Waals surface area contributed by atoms with Gasteiger partial charge in [-0.05, 0) is 31.2 Å². The highest BCUT2D eigenvalue weighted by atomic mass is 19.4. The van der Waals surface area contributed by atoms with Gasteiger partial charge in [0.15, 0.2) is 0 Å². The molecule has 0 radical (unpaired) electrons. The molecule has 0 aliphatic heterocycles. The number of nitro benzene ring substituents is 1. The third-order valence-electron chi connectivity index (χ3n) is 3.04. The second-order valence-electron chi connectivity index (χ2n) is 4.75. The van der Waals surface area contributed by atoms with E-state index in [0.29, 0.717) is 12.7 Å². The van der Waals surface area contributed by atoms with E-state index in [-0.39, 0.29) is 17.0 Å². The smallest absolute Gasteiger partial charge is 0.433 e. The number of carbonyl (C=O) groups is 1. The minimum atomic E-state index is -4.62. The number of alkyl halides is 3. The SMILES string of the molecule is CCOc1ccc(NC(=O)c2ccc(C(F)(F)F)nc2)c([N+](=O)[O-])c1. The molecular formula is C15H12F3N3O4. The van der Waals surface area contributed by atoms with Gasteiger partial charge in [0, 0.05) is 6.20 Å². The molecule has 1 aromatic heterocycles. The first kappa shape index (κ1) is 18.2. The number of anilines is 1. The maximum Gasteiger partial charge on any atom is 0.433 e. The average molecular weight is 355 g/mol. The van der Waals surface area contributed by atoms with Crippen LogP contribution in [0.3, 0.4) is 0 Å². The molecule has 1 amide bonds. The zero-order valence-corrected chi connectivity index (χ0v) is 12.8. The molecule has 0 atom stereocenters. The molecule has 132 valence electrons. The van der Waals surface area contributed by atoms with Gasteiger partial charge in [0.25, 0.3) is 11.6 Å². The van der Waals surface area contributed by atoms with Crippen molar-refractivity contribution in [2.45, 2.75) is 13.1 Å². The third kappa shape index (κ3) is 4.43. The Hall–Kier alpha value is -3.17. The number of benzene rings is 1. The zero-order chi connectivity index (χ0) is 18.6. The Kier molecular flexibility index (Phi) is 5.20. The summed E-state index contributed by atoms with van der Waals surface area (Å²) in [6.07, 6.45) is -3.87. The van der Waals surface area contributed by atoms with Crippen LogP contribution in [-0.4, -0.2) is 22.4 Å². The summed E-state index contributed by atoms with van der Waals surface area (Å²) in [5.74, 6) is -0.572. The molecule has 0 fully saturated rings. The summed E-state index contributed by atoms with van der Waals surface area (Å²) < 4.78 is 42.5. The monoisotopic (exact) mass is 355 g/mol. The number of nitrogens with zero attached hydrogens (tertiary/aromatic N) is 2. The first-order valence-electron chi connectivity index (χ1n) is 6.98. The topological polar surface area (TPSA) is 94.4 Å². The summed E-state index contributed by atoms with van der Waals surface area (Å²) in [5.41, 5.74) is -1.83. The number of nitrogens with one attached hydrogen (secondary N) is 1. The summed E-state index contributed by atoms with van der Waals surface area (Å²) in [4.78, 5) is 25.7. The minimum Gasteiger partial charge on any atom is -0.494 e. The molecule has 7 nitrogen and oxygen atoms in total. The van der Waals surface area contributed by atoms with Crippen molar-refractivity contribution in [2.75, 3.05) is 11.9 Å². The zero-order valence-electron chi connectivity index (χ0n) is 12.8. The molecule has 1 aromatic carbocycles. The van der Waals surface area contributed by atoms with Crippen molar-refractivity contribution in [1.29, 1.82) is 0 Å². The molecule has 0 saturated heterocycles. The van der Waals surface area contributed by atoms with Crippen LogP contribution in [-0.2, 0) is 6.18 Å². The number of halogens is 3. The maximum absolute atomic E-state index is 12.5. The molecule has 0 unspecified atom stereocenters. The van der Waals surface area contributed by atoms with Gasteiger partial charge in [0.1, 0.15) is 17.1 Å². The fourth-order valence-corrected chi connectivity index (χ4v) is 1.92. The van der Waals surface area contributed by atoms with Gasteiger partial charge >= 0.3 is 6.18 Å². The van der Waals surface area contributed by atoms with E-state index in [0.717, 1.165) is 18.3 Å². The highest BCUT2D eigenvalue weighted by Gasteiger charge is 2.32. The first-order chi connectivity index (χ1) is 11.7. The predicted octanol–water partition coefficient (Wildman–Crippen LogP) is 3.66. The number of ether oxygens (including phenoxy) is 1. The van der Waals surface area contributed by atoms with Crippen LogP contribution in [0.4, 0.5) is 24.5 Å². The summed E-state index contributed by atoms with van der Waals surface area (Å²) in [7, 11) is 0. The number of hydrogen-bond acceptors (Lipinski definition) is 5. The summed E-state index contributed by atoms with van der Waals surface area (Å²) in [6.45, 7) is 2.01. The van der Waals surface area contributed by atoms with E-state index in [9.17, 15) is 28.1 Å². The standard InChI is InChI=1S/C15H12F3N3O4/c1-2-25-10-4-5-11(12(7-10)21(23)24)20-14(22)9-3-6-13(19-8-9)15(16,17)18/h3-8H,2H2,1H3,(H,20,22). The van der Waals surface area contributed by atoms with E-state index in [1.807, 2.05) is 0 Å². The van der Waals surface area contributed by atoms with Crippen molar-refractivity contribution >= 4 is 17.3 Å². The van der Waals surface area contributed by atoms with Crippen LogP contribution >= 0.6 is 0 Å². The average Bonchev–Trinajstić information content (AvgIpc) is 2.55. The Morgan fingerprint density at radius 1 is 1.32 bits per heavy atom. The Morgan fingerprint density at radius 3 is 2.56 bits per heavy atom. The molecule has 2 aromatic rings. The Morgan fingerprint density at radius 2 is 2.04 bits per heavy atom. The van der Waals surface area contributed by atoms with Crippen LogP contribution < -0.4 is 10.1 Å². The van der Waals surface area contributed by atoms with E-state index in [2.05, 4.69) is 10.3 Å². The highest BCUT2D eigenvalue weighted by molar-refractivity contribution is 6.05. The van der Waals surface area contributed by atoms with Crippen molar-refractivity contribution in [3.8, 4) is 5.75 Å². The van der Waals surface area contributed by atoms with Gasteiger partial charge in [-0.3, -0.25) is 19.9 Å². The molecule has 0 aliphatic rings. The van der Waals surface area contributed by atoms with Crippen LogP contribution in [0.1, 0.15) is 23.0 Å². The van der Waals surface area contributed by atoms with Gasteiger partial charge in [-0.1, -0.05) is 0 Å². The number of amides is 1. The second kappa shape index (κ2) is 7.16. The Balaban J connectivity index is 2.24. The van der Waals surface area contributed by atoms with Gasteiger partial charge in [-0.15, -0.1) is 0 Å². The Bertz CT molecular complexity index is 792. The molecule has 0 saturated carbocycles. The second-order valence-corrected chi connectivity index (χ2v) is 4.75. The number of carbonyl (C=O) groups excluding carboxylic acids is 1. The van der Waals surface area contributed by atoms with E-state index in [1.165, 1.54) is 12.1 Å². The number of nitro groups is 1. The van der Waals surface area contributed by atoms with E-state index >= 15 is 0 Å². The first-order valence-corrected chi connectivity index (χ1v) is 6.98. The molecule has 2 rings (SSSR count). The van der Waals surface area contributed by atoms with Crippen molar-refractivity contribution in [1.82, 2.24) is 4.98 Å². The summed E-state index contributed by atoms with van der Waals surface area (Å²) in [6, 6.07) is 5.44. The molecule has 0 spiro atoms. The van der Waals surface area contributed by atoms with Crippen LogP contribution in [0.25, 0.3) is 0 Å². The van der Waals surface area contributed by atoms with Crippen molar-refractivity contribution < 1.29 is 27.6 Å². The Labute approximate surface area is 139 Å². The normalized spacial score (nSPS) is 11.0. The number of pyridine rings is 1. The molecule has 1 N–H and O–H groups in total. The molecular weight excluding hydrogens is 343 g/mol. The maximum atomic E-state index is 12.5. The molecule has 25 heavy (non-hydrogen) atoms. The minimum absolute atomic E-state index is 0.113. The third-order valence-corrected chi connectivity index (χ3v) is 3.04. The van der Waals surface area contributed by atoms with E-state index in [4.69, 9.17) is 4.74 Å². The van der Waals surface area contributed by atoms with Crippen molar-refractivity contribution in [3.63, 3.8) is 0 Å². The lowest BCUT2D eigenvalue weighted by atomic mass is 10.2. The number of rotatable bonds is 5. The van der Waals surface area contributed by atoms with Gasteiger partial charge in [-0.25, -0.2) is 0 Å². The van der Waals surface area contributed by atoms with Crippen molar-refractivity contribution in [2.24, 2.45) is 0 Å². The molecule has 1 heterocycles. The number of hydrogen-bond donors (Lipinski definition) is 1. The van der Waals surface area contributed by atoms with Crippen molar-refractivity contribution in [3.05, 3.63) is 57.9 Å². The van der Waals surface area contributed by atoms with Gasteiger partial charge < -0.3 is 10.1 Å². The lowest BCUT2D eigenvalue weighted by Crippen LogP contribution is -2.15. The van der Waals surface area contributed by atoms with Crippen LogP contribution in [0.5, 0.6) is 5.75 Å². The molecule has 0 aliphatic carbocycles. The summed E-state index contributed by atoms with van der Waals surface area (Å²) in [5, 5.41) is 13.4. The van der Waals surface area contributed by atoms with Crippen LogP contribution in [0.2, 0.25) is 0 Å². The lowest BCUT2D eigenvalue weighted by Gasteiger charge is -2.09. The predicted molar refractivity (Wildman–Crippen MR) is 81.5 cm³/mol. The van der Waals surface area contributed by atoms with Gasteiger partial charge in [-0.2, -0.15) is 13.2 Å². The van der Waals surface area contributed by atoms with Crippen LogP contribution in [0, 0.1) is 10.1 Å². The quantitative estimate of drug-likeness (QED) is 0.652.